The van der Waals surface area contributed by atoms with E-state index in [9.17, 15) is 4.79 Å². The van der Waals surface area contributed by atoms with Crippen LogP contribution in [0.25, 0.3) is 0 Å². The molecular weight excluding hydrogens is 278 g/mol. The lowest BCUT2D eigenvalue weighted by molar-refractivity contribution is -0.125. The maximum atomic E-state index is 12.3. The van der Waals surface area contributed by atoms with Crippen LogP contribution in [0.15, 0.2) is 43.0 Å². The van der Waals surface area contributed by atoms with Gasteiger partial charge in [0.15, 0.2) is 0 Å². The van der Waals surface area contributed by atoms with Crippen LogP contribution >= 0.6 is 0 Å². The van der Waals surface area contributed by atoms with Crippen LogP contribution in [0.3, 0.4) is 0 Å². The second-order valence-corrected chi connectivity index (χ2v) is 5.41. The maximum absolute atomic E-state index is 12.3. The van der Waals surface area contributed by atoms with E-state index >= 15 is 0 Å². The average molecular weight is 297 g/mol. The van der Waals surface area contributed by atoms with Crippen molar-refractivity contribution < 1.29 is 4.79 Å². The number of anilines is 1. The molecule has 0 spiro atoms. The van der Waals surface area contributed by atoms with Gasteiger partial charge in [0.1, 0.15) is 0 Å². The maximum Gasteiger partial charge on any atom is 0.225 e. The van der Waals surface area contributed by atoms with Crippen molar-refractivity contribution in [3.63, 3.8) is 0 Å². The van der Waals surface area contributed by atoms with Gasteiger partial charge in [0.05, 0.1) is 5.92 Å². The highest BCUT2D eigenvalue weighted by Crippen LogP contribution is 2.20. The minimum Gasteiger partial charge on any atom is -0.352 e. The third kappa shape index (κ3) is 3.58. The molecule has 1 aliphatic rings. The molecule has 1 atom stereocenters. The number of pyridine rings is 1. The number of rotatable bonds is 4. The zero-order valence-corrected chi connectivity index (χ0v) is 12.4. The fourth-order valence-corrected chi connectivity index (χ4v) is 2.66. The summed E-state index contributed by atoms with van der Waals surface area (Å²) in [6, 6.07) is 5.63. The molecule has 0 aromatic carbocycles. The molecule has 0 saturated carbocycles. The van der Waals surface area contributed by atoms with Crippen molar-refractivity contribution in [2.24, 2.45) is 5.92 Å². The van der Waals surface area contributed by atoms with Gasteiger partial charge in [0, 0.05) is 44.4 Å². The largest absolute Gasteiger partial charge is 0.352 e. The number of aromatic nitrogens is 3. The van der Waals surface area contributed by atoms with E-state index in [1.165, 1.54) is 0 Å². The summed E-state index contributed by atoms with van der Waals surface area (Å²) in [7, 11) is 0. The Morgan fingerprint density at radius 3 is 2.91 bits per heavy atom. The standard InChI is InChI=1S/C16H19N5O/c22-15(20-11-13-4-1-6-17-10-13)14-5-2-9-21(12-14)16-18-7-3-8-19-16/h1,3-4,6-8,10,14H,2,5,9,11-12H2,(H,20,22). The molecule has 6 heteroatoms. The molecule has 2 aromatic rings. The topological polar surface area (TPSA) is 71.0 Å². The smallest absolute Gasteiger partial charge is 0.225 e. The molecule has 22 heavy (non-hydrogen) atoms. The van der Waals surface area contributed by atoms with Gasteiger partial charge in [0.2, 0.25) is 11.9 Å². The SMILES string of the molecule is O=C(NCc1cccnc1)C1CCCN(c2ncccn2)C1. The molecule has 3 rings (SSSR count). The predicted octanol–water partition coefficient (Wildman–Crippen LogP) is 1.40. The number of nitrogens with one attached hydrogen (secondary N) is 1. The van der Waals surface area contributed by atoms with Crippen LogP contribution in [0, 0.1) is 5.92 Å². The van der Waals surface area contributed by atoms with Gasteiger partial charge >= 0.3 is 0 Å². The van der Waals surface area contributed by atoms with Gasteiger partial charge in [-0.25, -0.2) is 9.97 Å². The second kappa shape index (κ2) is 6.98. The highest BCUT2D eigenvalue weighted by molar-refractivity contribution is 5.79. The van der Waals surface area contributed by atoms with Gasteiger partial charge in [-0.2, -0.15) is 0 Å². The number of hydrogen-bond donors (Lipinski definition) is 1. The van der Waals surface area contributed by atoms with E-state index in [4.69, 9.17) is 0 Å². The van der Waals surface area contributed by atoms with Crippen molar-refractivity contribution in [1.82, 2.24) is 20.3 Å². The molecule has 0 radical (unpaired) electrons. The molecule has 0 aliphatic carbocycles. The van der Waals surface area contributed by atoms with Crippen molar-refractivity contribution >= 4 is 11.9 Å². The van der Waals surface area contributed by atoms with Gasteiger partial charge in [-0.3, -0.25) is 9.78 Å². The third-order valence-electron chi connectivity index (χ3n) is 3.82. The number of carbonyl (C=O) groups excluding carboxylic acids is 1. The first kappa shape index (κ1) is 14.4. The molecule has 2 aromatic heterocycles. The molecule has 1 saturated heterocycles. The number of amides is 1. The van der Waals surface area contributed by atoms with E-state index in [0.717, 1.165) is 24.9 Å². The Hall–Kier alpha value is -2.50. The van der Waals surface area contributed by atoms with Gasteiger partial charge in [-0.05, 0) is 30.5 Å². The minimum atomic E-state index is -0.0192. The zero-order valence-electron chi connectivity index (χ0n) is 12.4. The summed E-state index contributed by atoms with van der Waals surface area (Å²) < 4.78 is 0. The lowest BCUT2D eigenvalue weighted by Crippen LogP contribution is -2.43. The summed E-state index contributed by atoms with van der Waals surface area (Å²) in [5.41, 5.74) is 1.01. The Morgan fingerprint density at radius 1 is 1.27 bits per heavy atom. The molecule has 1 aliphatic heterocycles. The van der Waals surface area contributed by atoms with Crippen LogP contribution in [0.2, 0.25) is 0 Å². The highest BCUT2D eigenvalue weighted by Gasteiger charge is 2.26. The second-order valence-electron chi connectivity index (χ2n) is 5.41. The van der Waals surface area contributed by atoms with E-state index < -0.39 is 0 Å². The fourth-order valence-electron chi connectivity index (χ4n) is 2.66. The predicted molar refractivity (Wildman–Crippen MR) is 83.1 cm³/mol. The Bertz CT molecular complexity index is 604. The van der Waals surface area contributed by atoms with Gasteiger partial charge in [0.25, 0.3) is 0 Å². The number of hydrogen-bond acceptors (Lipinski definition) is 5. The van der Waals surface area contributed by atoms with Crippen molar-refractivity contribution in [2.75, 3.05) is 18.0 Å². The molecule has 3 heterocycles. The molecule has 1 fully saturated rings. The summed E-state index contributed by atoms with van der Waals surface area (Å²) in [6.07, 6.45) is 8.84. The van der Waals surface area contributed by atoms with Crippen LogP contribution in [0.4, 0.5) is 5.95 Å². The zero-order chi connectivity index (χ0) is 15.2. The van der Waals surface area contributed by atoms with Crippen molar-refractivity contribution in [1.29, 1.82) is 0 Å². The molecule has 0 bridgehead atoms. The normalized spacial score (nSPS) is 18.0. The first-order chi connectivity index (χ1) is 10.8. The lowest BCUT2D eigenvalue weighted by atomic mass is 9.97. The molecular formula is C16H19N5O. The summed E-state index contributed by atoms with van der Waals surface area (Å²) in [5, 5.41) is 2.99. The first-order valence-corrected chi connectivity index (χ1v) is 7.51. The van der Waals surface area contributed by atoms with Crippen LogP contribution in [0.1, 0.15) is 18.4 Å². The van der Waals surface area contributed by atoms with Gasteiger partial charge < -0.3 is 10.2 Å². The Morgan fingerprint density at radius 2 is 2.14 bits per heavy atom. The molecule has 1 N–H and O–H groups in total. The Balaban J connectivity index is 1.56. The number of piperidine rings is 1. The van der Waals surface area contributed by atoms with Crippen molar-refractivity contribution in [2.45, 2.75) is 19.4 Å². The summed E-state index contributed by atoms with van der Waals surface area (Å²) >= 11 is 0. The lowest BCUT2D eigenvalue weighted by Gasteiger charge is -2.31. The Kier molecular flexibility index (Phi) is 4.58. The highest BCUT2D eigenvalue weighted by atomic mass is 16.1. The summed E-state index contributed by atoms with van der Waals surface area (Å²) in [4.78, 5) is 27.0. The summed E-state index contributed by atoms with van der Waals surface area (Å²) in [5.74, 6) is 0.769. The quantitative estimate of drug-likeness (QED) is 0.924. The first-order valence-electron chi connectivity index (χ1n) is 7.51. The number of nitrogens with zero attached hydrogens (tertiary/aromatic N) is 4. The van der Waals surface area contributed by atoms with E-state index in [1.54, 1.807) is 30.9 Å². The minimum absolute atomic E-state index is 0.0192. The van der Waals surface area contributed by atoms with Crippen LogP contribution < -0.4 is 10.2 Å². The summed E-state index contributed by atoms with van der Waals surface area (Å²) in [6.45, 7) is 2.09. The van der Waals surface area contributed by atoms with Crippen LogP contribution in [-0.2, 0) is 11.3 Å². The molecule has 1 unspecified atom stereocenters. The average Bonchev–Trinajstić information content (AvgIpc) is 2.61. The fraction of sp³-hybridized carbons (Fsp3) is 0.375. The van der Waals surface area contributed by atoms with Crippen LogP contribution in [0.5, 0.6) is 0 Å². The molecule has 6 nitrogen and oxygen atoms in total. The van der Waals surface area contributed by atoms with E-state index in [0.29, 0.717) is 19.0 Å². The molecule has 114 valence electrons. The van der Waals surface area contributed by atoms with Crippen molar-refractivity contribution in [3.05, 3.63) is 48.5 Å². The molecule has 1 amide bonds. The number of carbonyl (C=O) groups is 1. The van der Waals surface area contributed by atoms with Crippen LogP contribution in [-0.4, -0.2) is 33.9 Å². The van der Waals surface area contributed by atoms with Gasteiger partial charge in [-0.15, -0.1) is 0 Å². The van der Waals surface area contributed by atoms with Gasteiger partial charge in [-0.1, -0.05) is 6.07 Å². The van der Waals surface area contributed by atoms with Crippen molar-refractivity contribution in [3.8, 4) is 0 Å². The Labute approximate surface area is 129 Å². The van der Waals surface area contributed by atoms with E-state index in [-0.39, 0.29) is 11.8 Å². The van der Waals surface area contributed by atoms with E-state index in [1.807, 2.05) is 12.1 Å². The van der Waals surface area contributed by atoms with E-state index in [2.05, 4.69) is 25.2 Å². The third-order valence-corrected chi connectivity index (χ3v) is 3.82. The monoisotopic (exact) mass is 297 g/mol.